The van der Waals surface area contributed by atoms with Crippen LogP contribution in [0, 0.1) is 0 Å². The molecule has 0 aromatic heterocycles. The second kappa shape index (κ2) is 9.72. The molecule has 0 radical (unpaired) electrons. The summed E-state index contributed by atoms with van der Waals surface area (Å²) in [5.74, 6) is -0.563. The molecule has 1 aromatic carbocycles. The van der Waals surface area contributed by atoms with Crippen molar-refractivity contribution in [3.8, 4) is 0 Å². The first-order valence-electron chi connectivity index (χ1n) is 6.65. The normalized spacial score (nSPS) is 9.80. The van der Waals surface area contributed by atoms with Crippen LogP contribution in [0.25, 0.3) is 0 Å². The van der Waals surface area contributed by atoms with Gasteiger partial charge in [0.25, 0.3) is 0 Å². The van der Waals surface area contributed by atoms with E-state index in [1.54, 1.807) is 24.3 Å². The van der Waals surface area contributed by atoms with E-state index in [-0.39, 0.29) is 18.4 Å². The maximum Gasteiger partial charge on any atom is 0.306 e. The number of amides is 1. The minimum Gasteiger partial charge on any atom is -0.457 e. The van der Waals surface area contributed by atoms with Gasteiger partial charge in [-0.2, -0.15) is 0 Å². The van der Waals surface area contributed by atoms with Gasteiger partial charge in [-0.15, -0.1) is 0 Å². The number of carbonyl (C=O) groups is 3. The fourth-order valence-corrected chi connectivity index (χ4v) is 1.66. The van der Waals surface area contributed by atoms with Crippen LogP contribution < -0.4 is 5.32 Å². The first-order chi connectivity index (χ1) is 9.74. The highest BCUT2D eigenvalue weighted by molar-refractivity contribution is 5.97. The summed E-state index contributed by atoms with van der Waals surface area (Å²) in [6, 6.07) is 8.74. The topological polar surface area (TPSA) is 72.5 Å². The minimum absolute atomic E-state index is 0.200. The molecule has 0 aliphatic rings. The van der Waals surface area contributed by atoms with Crippen LogP contribution in [-0.4, -0.2) is 31.3 Å². The van der Waals surface area contributed by atoms with Crippen molar-refractivity contribution in [3.63, 3.8) is 0 Å². The van der Waals surface area contributed by atoms with Gasteiger partial charge in [0.2, 0.25) is 6.41 Å². The Morgan fingerprint density at radius 2 is 1.85 bits per heavy atom. The maximum absolute atomic E-state index is 11.7. The van der Waals surface area contributed by atoms with Gasteiger partial charge in [0.1, 0.15) is 0 Å². The summed E-state index contributed by atoms with van der Waals surface area (Å²) in [6.07, 6.45) is 3.31. The van der Waals surface area contributed by atoms with Crippen LogP contribution in [0.3, 0.4) is 0 Å². The molecule has 0 spiro atoms. The van der Waals surface area contributed by atoms with E-state index in [4.69, 9.17) is 4.74 Å². The Hall–Kier alpha value is -2.17. The lowest BCUT2D eigenvalue weighted by atomic mass is 10.1. The van der Waals surface area contributed by atoms with E-state index in [1.807, 2.05) is 6.07 Å². The number of esters is 1. The van der Waals surface area contributed by atoms with E-state index >= 15 is 0 Å². The molecule has 0 heterocycles. The van der Waals surface area contributed by atoms with Crippen molar-refractivity contribution in [2.24, 2.45) is 0 Å². The average molecular weight is 277 g/mol. The van der Waals surface area contributed by atoms with E-state index in [0.717, 1.165) is 12.8 Å². The number of unbranched alkanes of at least 4 members (excludes halogenated alkanes) is 2. The Morgan fingerprint density at radius 1 is 1.10 bits per heavy atom. The van der Waals surface area contributed by atoms with Gasteiger partial charge >= 0.3 is 5.97 Å². The molecule has 1 amide bonds. The Bertz CT molecular complexity index is 431. The van der Waals surface area contributed by atoms with Gasteiger partial charge in [-0.3, -0.25) is 14.4 Å². The predicted octanol–water partition coefficient (Wildman–Crippen LogP) is 1.72. The number of ether oxygens (including phenoxy) is 1. The van der Waals surface area contributed by atoms with Crippen molar-refractivity contribution in [1.29, 1.82) is 0 Å². The molecule has 0 aliphatic heterocycles. The molecular formula is C15H19NO4. The van der Waals surface area contributed by atoms with Crippen LogP contribution in [0.1, 0.15) is 36.0 Å². The summed E-state index contributed by atoms with van der Waals surface area (Å²) >= 11 is 0. The van der Waals surface area contributed by atoms with Crippen LogP contribution in [0.2, 0.25) is 0 Å². The third kappa shape index (κ3) is 6.68. The third-order valence-corrected chi connectivity index (χ3v) is 2.75. The van der Waals surface area contributed by atoms with E-state index in [0.29, 0.717) is 31.4 Å². The Morgan fingerprint density at radius 3 is 2.55 bits per heavy atom. The summed E-state index contributed by atoms with van der Waals surface area (Å²) in [6.45, 7) is 0.403. The molecule has 0 atom stereocenters. The molecule has 0 saturated carbocycles. The standard InChI is InChI=1S/C15H19NO4/c17-12-16-10-6-2-5-9-15(19)20-11-14(18)13-7-3-1-4-8-13/h1,3-4,7-8,12H,2,5-6,9-11H2,(H,16,17). The van der Waals surface area contributed by atoms with Crippen LogP contribution in [-0.2, 0) is 14.3 Å². The fraction of sp³-hybridized carbons (Fsp3) is 0.400. The van der Waals surface area contributed by atoms with E-state index < -0.39 is 0 Å². The van der Waals surface area contributed by atoms with Gasteiger partial charge in [0.15, 0.2) is 12.4 Å². The molecule has 0 bridgehead atoms. The number of rotatable bonds is 10. The number of ketones is 1. The number of carbonyl (C=O) groups excluding carboxylic acids is 3. The number of hydrogen-bond acceptors (Lipinski definition) is 4. The second-order valence-corrected chi connectivity index (χ2v) is 4.33. The van der Waals surface area contributed by atoms with Gasteiger partial charge < -0.3 is 10.1 Å². The smallest absolute Gasteiger partial charge is 0.306 e. The molecule has 0 fully saturated rings. The predicted molar refractivity (Wildman–Crippen MR) is 74.3 cm³/mol. The summed E-state index contributed by atoms with van der Waals surface area (Å²) in [7, 11) is 0. The molecule has 5 nitrogen and oxygen atoms in total. The van der Waals surface area contributed by atoms with Gasteiger partial charge in [-0.25, -0.2) is 0 Å². The van der Waals surface area contributed by atoms with Gasteiger partial charge in [-0.1, -0.05) is 36.8 Å². The summed E-state index contributed by atoms with van der Waals surface area (Å²) in [5, 5.41) is 2.55. The zero-order valence-electron chi connectivity index (χ0n) is 11.3. The van der Waals surface area contributed by atoms with Crippen LogP contribution in [0.5, 0.6) is 0 Å². The van der Waals surface area contributed by atoms with E-state index in [1.165, 1.54) is 0 Å². The first-order valence-corrected chi connectivity index (χ1v) is 6.65. The third-order valence-electron chi connectivity index (χ3n) is 2.75. The maximum atomic E-state index is 11.7. The Balaban J connectivity index is 2.11. The molecule has 1 aromatic rings. The number of hydrogen-bond donors (Lipinski definition) is 1. The summed E-state index contributed by atoms with van der Waals surface area (Å²) in [5.41, 5.74) is 0.542. The van der Waals surface area contributed by atoms with Gasteiger partial charge in [-0.05, 0) is 12.8 Å². The molecular weight excluding hydrogens is 258 g/mol. The molecule has 0 saturated heterocycles. The highest BCUT2D eigenvalue weighted by Crippen LogP contribution is 2.03. The van der Waals surface area contributed by atoms with Gasteiger partial charge in [0.05, 0.1) is 0 Å². The van der Waals surface area contributed by atoms with Crippen LogP contribution in [0.15, 0.2) is 30.3 Å². The zero-order valence-corrected chi connectivity index (χ0v) is 11.3. The highest BCUT2D eigenvalue weighted by atomic mass is 16.5. The van der Waals surface area contributed by atoms with Crippen molar-refractivity contribution >= 4 is 18.2 Å². The van der Waals surface area contributed by atoms with Crippen LogP contribution in [0.4, 0.5) is 0 Å². The fourth-order valence-electron chi connectivity index (χ4n) is 1.66. The molecule has 0 unspecified atom stereocenters. The van der Waals surface area contributed by atoms with E-state index in [2.05, 4.69) is 5.32 Å². The Labute approximate surface area is 118 Å². The Kier molecular flexibility index (Phi) is 7.72. The molecule has 5 heteroatoms. The van der Waals surface area contributed by atoms with Gasteiger partial charge in [0, 0.05) is 18.5 Å². The monoisotopic (exact) mass is 277 g/mol. The first kappa shape index (κ1) is 15.9. The zero-order chi connectivity index (χ0) is 14.6. The van der Waals surface area contributed by atoms with Crippen molar-refractivity contribution in [2.45, 2.75) is 25.7 Å². The lowest BCUT2D eigenvalue weighted by Gasteiger charge is -2.04. The number of nitrogens with one attached hydrogen (secondary N) is 1. The number of Topliss-reactive ketones (excluding diaryl/α,β-unsaturated/α-hetero) is 1. The lowest BCUT2D eigenvalue weighted by Crippen LogP contribution is -2.14. The van der Waals surface area contributed by atoms with Crippen LogP contribution >= 0.6 is 0 Å². The minimum atomic E-state index is -0.363. The van der Waals surface area contributed by atoms with Crippen molar-refractivity contribution in [2.75, 3.05) is 13.2 Å². The molecule has 1 N–H and O–H groups in total. The largest absolute Gasteiger partial charge is 0.457 e. The molecule has 1 rings (SSSR count). The van der Waals surface area contributed by atoms with Crippen molar-refractivity contribution in [1.82, 2.24) is 5.32 Å². The SMILES string of the molecule is O=CNCCCCCC(=O)OCC(=O)c1ccccc1. The quantitative estimate of drug-likeness (QED) is 0.306. The summed E-state index contributed by atoms with van der Waals surface area (Å²) in [4.78, 5) is 33.1. The molecule has 20 heavy (non-hydrogen) atoms. The average Bonchev–Trinajstić information content (AvgIpc) is 2.49. The highest BCUT2D eigenvalue weighted by Gasteiger charge is 2.09. The summed E-state index contributed by atoms with van der Waals surface area (Å²) < 4.78 is 4.93. The van der Waals surface area contributed by atoms with Crippen molar-refractivity contribution < 1.29 is 19.1 Å². The second-order valence-electron chi connectivity index (χ2n) is 4.33. The molecule has 108 valence electrons. The van der Waals surface area contributed by atoms with Crippen molar-refractivity contribution in [3.05, 3.63) is 35.9 Å². The lowest BCUT2D eigenvalue weighted by molar-refractivity contribution is -0.142. The molecule has 0 aliphatic carbocycles. The van der Waals surface area contributed by atoms with E-state index in [9.17, 15) is 14.4 Å². The number of benzene rings is 1.